The summed E-state index contributed by atoms with van der Waals surface area (Å²) in [5, 5.41) is 1.40. The third-order valence-corrected chi connectivity index (χ3v) is 4.12. The van der Waals surface area contributed by atoms with Gasteiger partial charge in [0, 0.05) is 21.9 Å². The summed E-state index contributed by atoms with van der Waals surface area (Å²) in [4.78, 5) is 40.3. The van der Waals surface area contributed by atoms with E-state index in [1.54, 1.807) is 39.0 Å². The van der Waals surface area contributed by atoms with Crippen LogP contribution in [-0.2, 0) is 4.74 Å². The van der Waals surface area contributed by atoms with Gasteiger partial charge in [0.05, 0.1) is 17.1 Å². The van der Waals surface area contributed by atoms with Crippen molar-refractivity contribution in [3.8, 4) is 0 Å². The summed E-state index contributed by atoms with van der Waals surface area (Å²) >= 11 is 0. The van der Waals surface area contributed by atoms with Crippen molar-refractivity contribution >= 4 is 33.4 Å². The molecule has 128 valence electrons. The van der Waals surface area contributed by atoms with Crippen LogP contribution in [0.1, 0.15) is 47.1 Å². The number of aromatic amines is 1. The minimum atomic E-state index is -0.497. The van der Waals surface area contributed by atoms with E-state index in [0.717, 1.165) is 0 Å². The summed E-state index contributed by atoms with van der Waals surface area (Å²) in [5.41, 5.74) is 1.46. The molecule has 0 aliphatic carbocycles. The normalized spacial score (nSPS) is 11.2. The molecule has 0 radical (unpaired) electrons. The lowest BCUT2D eigenvalue weighted by Crippen LogP contribution is -2.18. The number of nitrogens with one attached hydrogen (secondary N) is 1. The molecule has 1 aromatic heterocycles. The number of Topliss-reactive ketones (excluding diaryl/α,β-unsaturated/α-hetero) is 1. The molecule has 0 bridgehead atoms. The molecule has 25 heavy (non-hydrogen) atoms. The summed E-state index contributed by atoms with van der Waals surface area (Å²) in [6, 6.07) is 8.81. The summed E-state index contributed by atoms with van der Waals surface area (Å²) in [5.74, 6) is -0.721. The standard InChI is InChI=1S/C20H19NO4/c1-10(2)25-20(24)16-11(3)9-14(12(4)22)18-17(16)13-7-5-6-8-15(13)21-19(18)23/h5-10H,1-4H3,(H,21,23). The molecule has 0 saturated heterocycles. The molecule has 1 heterocycles. The fourth-order valence-corrected chi connectivity index (χ4v) is 3.13. The maximum atomic E-state index is 12.7. The Morgan fingerprint density at radius 3 is 2.44 bits per heavy atom. The first-order valence-corrected chi connectivity index (χ1v) is 8.11. The van der Waals surface area contributed by atoms with Crippen molar-refractivity contribution in [2.75, 3.05) is 0 Å². The summed E-state index contributed by atoms with van der Waals surface area (Å²) in [6.45, 7) is 6.70. The van der Waals surface area contributed by atoms with E-state index in [9.17, 15) is 14.4 Å². The zero-order valence-electron chi connectivity index (χ0n) is 14.6. The predicted molar refractivity (Wildman–Crippen MR) is 97.4 cm³/mol. The number of carbonyl (C=O) groups excluding carboxylic acids is 2. The van der Waals surface area contributed by atoms with E-state index in [1.165, 1.54) is 6.92 Å². The molecule has 3 rings (SSSR count). The van der Waals surface area contributed by atoms with Gasteiger partial charge in [0.15, 0.2) is 5.78 Å². The number of esters is 1. The average molecular weight is 337 g/mol. The highest BCUT2D eigenvalue weighted by atomic mass is 16.5. The molecule has 0 spiro atoms. The van der Waals surface area contributed by atoms with Gasteiger partial charge < -0.3 is 9.72 Å². The van der Waals surface area contributed by atoms with Crippen molar-refractivity contribution in [3.63, 3.8) is 0 Å². The molecule has 1 N–H and O–H groups in total. The minimum Gasteiger partial charge on any atom is -0.459 e. The Labute approximate surface area is 144 Å². The van der Waals surface area contributed by atoms with Gasteiger partial charge in [-0.2, -0.15) is 0 Å². The molecule has 0 amide bonds. The Kier molecular flexibility index (Phi) is 4.17. The van der Waals surface area contributed by atoms with Gasteiger partial charge in [0.2, 0.25) is 0 Å². The topological polar surface area (TPSA) is 76.2 Å². The fraction of sp³-hybridized carbons (Fsp3) is 0.250. The molecule has 5 heteroatoms. The highest BCUT2D eigenvalue weighted by molar-refractivity contribution is 6.21. The largest absolute Gasteiger partial charge is 0.459 e. The monoisotopic (exact) mass is 337 g/mol. The number of aryl methyl sites for hydroxylation is 1. The molecule has 0 aliphatic rings. The molecule has 0 unspecified atom stereocenters. The number of ether oxygens (including phenoxy) is 1. The number of fused-ring (bicyclic) bond motifs is 3. The lowest BCUT2D eigenvalue weighted by Gasteiger charge is -2.16. The van der Waals surface area contributed by atoms with Crippen molar-refractivity contribution in [3.05, 3.63) is 57.4 Å². The summed E-state index contributed by atoms with van der Waals surface area (Å²) in [6.07, 6.45) is -0.289. The molecule has 5 nitrogen and oxygen atoms in total. The first kappa shape index (κ1) is 16.9. The van der Waals surface area contributed by atoms with Gasteiger partial charge in [-0.1, -0.05) is 18.2 Å². The van der Waals surface area contributed by atoms with Crippen LogP contribution in [0, 0.1) is 6.92 Å². The molecule has 0 aliphatic heterocycles. The Hall–Kier alpha value is -2.95. The first-order chi connectivity index (χ1) is 11.8. The fourth-order valence-electron chi connectivity index (χ4n) is 3.13. The van der Waals surface area contributed by atoms with Crippen molar-refractivity contribution in [2.24, 2.45) is 0 Å². The zero-order valence-corrected chi connectivity index (χ0v) is 14.6. The quantitative estimate of drug-likeness (QED) is 0.448. The van der Waals surface area contributed by atoms with Crippen LogP contribution in [0.5, 0.6) is 0 Å². The predicted octanol–water partition coefficient (Wildman–Crippen LogP) is 3.76. The van der Waals surface area contributed by atoms with E-state index in [2.05, 4.69) is 4.98 Å². The summed E-state index contributed by atoms with van der Waals surface area (Å²) < 4.78 is 5.38. The van der Waals surface area contributed by atoms with Crippen LogP contribution >= 0.6 is 0 Å². The summed E-state index contributed by atoms with van der Waals surface area (Å²) in [7, 11) is 0. The number of hydrogen-bond donors (Lipinski definition) is 1. The second-order valence-corrected chi connectivity index (χ2v) is 6.38. The molecule has 2 aromatic carbocycles. The van der Waals surface area contributed by atoms with Crippen LogP contribution in [0.3, 0.4) is 0 Å². The van der Waals surface area contributed by atoms with Crippen LogP contribution in [0.15, 0.2) is 35.1 Å². The number of H-pyrrole nitrogens is 1. The Morgan fingerprint density at radius 2 is 1.80 bits per heavy atom. The van der Waals surface area contributed by atoms with Gasteiger partial charge in [0.25, 0.3) is 5.56 Å². The maximum Gasteiger partial charge on any atom is 0.339 e. The Morgan fingerprint density at radius 1 is 1.12 bits per heavy atom. The number of para-hydroxylation sites is 1. The van der Waals surface area contributed by atoms with Gasteiger partial charge in [-0.05, 0) is 45.4 Å². The van der Waals surface area contributed by atoms with Crippen molar-refractivity contribution in [1.82, 2.24) is 4.98 Å². The second kappa shape index (κ2) is 6.16. The molecule has 3 aromatic rings. The second-order valence-electron chi connectivity index (χ2n) is 6.38. The number of hydrogen-bond acceptors (Lipinski definition) is 4. The maximum absolute atomic E-state index is 12.7. The van der Waals surface area contributed by atoms with E-state index >= 15 is 0 Å². The van der Waals surface area contributed by atoms with Gasteiger partial charge in [-0.3, -0.25) is 9.59 Å². The number of aromatic nitrogens is 1. The molecular formula is C20H19NO4. The highest BCUT2D eigenvalue weighted by Crippen LogP contribution is 2.30. The van der Waals surface area contributed by atoms with Gasteiger partial charge in [-0.25, -0.2) is 4.79 Å². The van der Waals surface area contributed by atoms with Crippen molar-refractivity contribution in [1.29, 1.82) is 0 Å². The molecule has 0 fully saturated rings. The third-order valence-electron chi connectivity index (χ3n) is 4.12. The molecular weight excluding hydrogens is 318 g/mol. The van der Waals surface area contributed by atoms with Crippen LogP contribution in [0.4, 0.5) is 0 Å². The van der Waals surface area contributed by atoms with Gasteiger partial charge in [0.1, 0.15) is 0 Å². The number of pyridine rings is 1. The highest BCUT2D eigenvalue weighted by Gasteiger charge is 2.23. The minimum absolute atomic E-state index is 0.224. The average Bonchev–Trinajstić information content (AvgIpc) is 2.53. The SMILES string of the molecule is CC(=O)c1cc(C)c(C(=O)OC(C)C)c2c1c(=O)[nH]c1ccccc12. The molecule has 0 atom stereocenters. The van der Waals surface area contributed by atoms with E-state index in [1.807, 2.05) is 12.1 Å². The van der Waals surface area contributed by atoms with Crippen LogP contribution in [0.25, 0.3) is 21.7 Å². The van der Waals surface area contributed by atoms with E-state index in [-0.39, 0.29) is 17.3 Å². The van der Waals surface area contributed by atoms with E-state index < -0.39 is 11.5 Å². The van der Waals surface area contributed by atoms with Crippen molar-refractivity contribution in [2.45, 2.75) is 33.8 Å². The van der Waals surface area contributed by atoms with Crippen LogP contribution < -0.4 is 5.56 Å². The Bertz CT molecular complexity index is 1080. The lowest BCUT2D eigenvalue weighted by atomic mass is 9.92. The lowest BCUT2D eigenvalue weighted by molar-refractivity contribution is 0.0379. The van der Waals surface area contributed by atoms with Crippen molar-refractivity contribution < 1.29 is 14.3 Å². The number of ketones is 1. The number of benzene rings is 2. The first-order valence-electron chi connectivity index (χ1n) is 8.11. The zero-order chi connectivity index (χ0) is 18.3. The van der Waals surface area contributed by atoms with E-state index in [4.69, 9.17) is 4.74 Å². The van der Waals surface area contributed by atoms with Crippen LogP contribution in [-0.4, -0.2) is 22.8 Å². The number of rotatable bonds is 3. The van der Waals surface area contributed by atoms with Gasteiger partial charge >= 0.3 is 5.97 Å². The van der Waals surface area contributed by atoms with E-state index in [0.29, 0.717) is 33.0 Å². The van der Waals surface area contributed by atoms with Crippen LogP contribution in [0.2, 0.25) is 0 Å². The molecule has 0 saturated carbocycles. The van der Waals surface area contributed by atoms with Gasteiger partial charge in [-0.15, -0.1) is 0 Å². The smallest absolute Gasteiger partial charge is 0.339 e. The third kappa shape index (κ3) is 2.82. The number of carbonyl (C=O) groups is 2. The Balaban J connectivity index is 2.58.